The Hall–Kier alpha value is -1.02. The van der Waals surface area contributed by atoms with Crippen LogP contribution < -0.4 is 0 Å². The molecule has 0 saturated heterocycles. The lowest BCUT2D eigenvalue weighted by Crippen LogP contribution is -2.53. The summed E-state index contributed by atoms with van der Waals surface area (Å²) in [5, 5.41) is 20.9. The first-order valence-electron chi connectivity index (χ1n) is 11.0. The van der Waals surface area contributed by atoms with E-state index in [4.69, 9.17) is 0 Å². The van der Waals surface area contributed by atoms with Crippen molar-refractivity contribution >= 4 is 0 Å². The third kappa shape index (κ3) is 2.03. The summed E-state index contributed by atoms with van der Waals surface area (Å²) in [5.41, 5.74) is 3.37. The Bertz CT molecular complexity index is 710. The number of phenolic OH excluding ortho intramolecular Hbond substituents is 1. The third-order valence-electron chi connectivity index (χ3n) is 9.57. The smallest absolute Gasteiger partial charge is 0.115 e. The lowest BCUT2D eigenvalue weighted by Gasteiger charge is -2.58. The molecule has 0 spiro atoms. The van der Waals surface area contributed by atoms with E-state index in [9.17, 15) is 10.2 Å². The number of hydrogen-bond acceptors (Lipinski definition) is 2. The molecule has 2 N–H and O–H groups in total. The standard InChI is InChI=1S/C24H34O2/c1-15(25)24-11-4-3-5-17(24)14-22-21-8-6-16-13-18(26)7-9-19(16)20(21)10-12-23(22,24)2/h7,9,13,15,17,20-22,25-26H,3-6,8,10-12,14H2,1-2H3/t15?,17-,20-,21-,22+,23+,24+/m1/s1. The van der Waals surface area contributed by atoms with E-state index in [1.165, 1.54) is 62.5 Å². The normalized spacial score (nSPS) is 45.2. The van der Waals surface area contributed by atoms with Crippen molar-refractivity contribution in [2.75, 3.05) is 0 Å². The summed E-state index contributed by atoms with van der Waals surface area (Å²) in [7, 11) is 0. The van der Waals surface area contributed by atoms with E-state index in [1.807, 2.05) is 12.1 Å². The predicted octanol–water partition coefficient (Wildman–Crippen LogP) is 5.42. The van der Waals surface area contributed by atoms with Crippen molar-refractivity contribution in [2.24, 2.45) is 28.6 Å². The summed E-state index contributed by atoms with van der Waals surface area (Å²) in [6, 6.07) is 6.10. The zero-order valence-corrected chi connectivity index (χ0v) is 16.4. The summed E-state index contributed by atoms with van der Waals surface area (Å²) in [6.07, 6.45) is 11.3. The van der Waals surface area contributed by atoms with Crippen molar-refractivity contribution in [3.05, 3.63) is 29.3 Å². The molecule has 1 aromatic carbocycles. The Morgan fingerprint density at radius 1 is 1.12 bits per heavy atom. The van der Waals surface area contributed by atoms with Crippen LogP contribution in [0.1, 0.15) is 82.3 Å². The van der Waals surface area contributed by atoms with Gasteiger partial charge in [-0.1, -0.05) is 25.8 Å². The summed E-state index contributed by atoms with van der Waals surface area (Å²) in [4.78, 5) is 0. The molecule has 0 aromatic heterocycles. The van der Waals surface area contributed by atoms with Crippen LogP contribution in [-0.2, 0) is 6.42 Å². The molecule has 4 aliphatic rings. The van der Waals surface area contributed by atoms with Gasteiger partial charge < -0.3 is 10.2 Å². The van der Waals surface area contributed by atoms with Crippen LogP contribution >= 0.6 is 0 Å². The quantitative estimate of drug-likeness (QED) is 0.707. The summed E-state index contributed by atoms with van der Waals surface area (Å²) in [6.45, 7) is 4.65. The number of benzene rings is 1. The Labute approximate surface area is 158 Å². The van der Waals surface area contributed by atoms with Gasteiger partial charge in [0.2, 0.25) is 0 Å². The highest BCUT2D eigenvalue weighted by atomic mass is 16.3. The molecule has 2 heteroatoms. The number of rotatable bonds is 1. The average Bonchev–Trinajstić information content (AvgIpc) is 2.91. The maximum atomic E-state index is 11.0. The van der Waals surface area contributed by atoms with Crippen molar-refractivity contribution in [1.29, 1.82) is 0 Å². The predicted molar refractivity (Wildman–Crippen MR) is 104 cm³/mol. The van der Waals surface area contributed by atoms with Gasteiger partial charge in [0.25, 0.3) is 0 Å². The average molecular weight is 355 g/mol. The fourth-order valence-electron chi connectivity index (χ4n) is 8.59. The molecule has 0 heterocycles. The van der Waals surface area contributed by atoms with E-state index in [1.54, 1.807) is 0 Å². The Morgan fingerprint density at radius 3 is 2.77 bits per heavy atom. The van der Waals surface area contributed by atoms with E-state index >= 15 is 0 Å². The minimum absolute atomic E-state index is 0.163. The molecule has 4 aliphatic carbocycles. The van der Waals surface area contributed by atoms with E-state index in [2.05, 4.69) is 19.9 Å². The minimum atomic E-state index is -0.174. The third-order valence-corrected chi connectivity index (χ3v) is 9.57. The molecule has 0 bridgehead atoms. The first kappa shape index (κ1) is 17.1. The van der Waals surface area contributed by atoms with Crippen LogP contribution in [0.25, 0.3) is 0 Å². The molecule has 3 saturated carbocycles. The van der Waals surface area contributed by atoms with E-state index in [0.29, 0.717) is 17.1 Å². The molecule has 0 radical (unpaired) electrons. The molecule has 142 valence electrons. The van der Waals surface area contributed by atoms with Gasteiger partial charge in [0, 0.05) is 5.41 Å². The maximum Gasteiger partial charge on any atom is 0.115 e. The molecular formula is C24H34O2. The zero-order chi connectivity index (χ0) is 18.1. The van der Waals surface area contributed by atoms with Crippen LogP contribution in [-0.4, -0.2) is 16.3 Å². The SMILES string of the molecule is CC(O)[C@@]12CCCC[C@@H]1C[C@H]1[C@@H]3CCc4cc(O)ccc4[C@H]3CC[C@@]12C. The molecule has 7 atom stereocenters. The van der Waals surface area contributed by atoms with Crippen LogP contribution in [0.15, 0.2) is 18.2 Å². The highest BCUT2D eigenvalue weighted by Gasteiger charge is 2.67. The lowest BCUT2D eigenvalue weighted by molar-refractivity contribution is -0.124. The maximum absolute atomic E-state index is 11.0. The Balaban J connectivity index is 1.55. The monoisotopic (exact) mass is 354 g/mol. The summed E-state index contributed by atoms with van der Waals surface area (Å²) in [5.74, 6) is 3.35. The lowest BCUT2D eigenvalue weighted by atomic mass is 9.47. The molecule has 0 aliphatic heterocycles. The van der Waals surface area contributed by atoms with Gasteiger partial charge in [-0.25, -0.2) is 0 Å². The topological polar surface area (TPSA) is 40.5 Å². The van der Waals surface area contributed by atoms with Crippen molar-refractivity contribution < 1.29 is 10.2 Å². The number of fused-ring (bicyclic) bond motifs is 7. The largest absolute Gasteiger partial charge is 0.508 e. The highest BCUT2D eigenvalue weighted by molar-refractivity contribution is 5.40. The van der Waals surface area contributed by atoms with E-state index in [0.717, 1.165) is 24.2 Å². The number of aliphatic hydroxyl groups excluding tert-OH is 1. The van der Waals surface area contributed by atoms with Gasteiger partial charge in [0.1, 0.15) is 5.75 Å². The molecule has 1 unspecified atom stereocenters. The molecule has 26 heavy (non-hydrogen) atoms. The highest BCUT2D eigenvalue weighted by Crippen LogP contribution is 2.73. The van der Waals surface area contributed by atoms with Gasteiger partial charge in [-0.05, 0) is 104 Å². The number of aromatic hydroxyl groups is 1. The number of aryl methyl sites for hydroxylation is 1. The second-order valence-corrected chi connectivity index (χ2v) is 10.1. The molecule has 0 amide bonds. The van der Waals surface area contributed by atoms with Crippen molar-refractivity contribution in [1.82, 2.24) is 0 Å². The second-order valence-electron chi connectivity index (χ2n) is 10.1. The first-order chi connectivity index (χ1) is 12.5. The molecule has 5 rings (SSSR count). The zero-order valence-electron chi connectivity index (χ0n) is 16.4. The van der Waals surface area contributed by atoms with Gasteiger partial charge in [-0.2, -0.15) is 0 Å². The van der Waals surface area contributed by atoms with Crippen LogP contribution in [0.2, 0.25) is 0 Å². The number of phenols is 1. The van der Waals surface area contributed by atoms with Crippen molar-refractivity contribution in [3.8, 4) is 5.75 Å². The molecule has 2 nitrogen and oxygen atoms in total. The Morgan fingerprint density at radius 2 is 1.96 bits per heavy atom. The van der Waals surface area contributed by atoms with Crippen LogP contribution in [0.3, 0.4) is 0 Å². The van der Waals surface area contributed by atoms with Gasteiger partial charge in [-0.15, -0.1) is 0 Å². The van der Waals surface area contributed by atoms with Crippen molar-refractivity contribution in [3.63, 3.8) is 0 Å². The van der Waals surface area contributed by atoms with Crippen molar-refractivity contribution in [2.45, 2.75) is 83.7 Å². The fraction of sp³-hybridized carbons (Fsp3) is 0.750. The second kappa shape index (κ2) is 5.74. The first-order valence-corrected chi connectivity index (χ1v) is 11.0. The molecule has 3 fully saturated rings. The van der Waals surface area contributed by atoms with Gasteiger partial charge in [0.05, 0.1) is 6.10 Å². The van der Waals surface area contributed by atoms with Crippen LogP contribution in [0.4, 0.5) is 0 Å². The number of aliphatic hydroxyl groups is 1. The minimum Gasteiger partial charge on any atom is -0.508 e. The Kier molecular flexibility index (Phi) is 3.77. The fourth-order valence-corrected chi connectivity index (χ4v) is 8.59. The van der Waals surface area contributed by atoms with Crippen LogP contribution in [0.5, 0.6) is 5.75 Å². The summed E-state index contributed by atoms with van der Waals surface area (Å²) < 4.78 is 0. The van der Waals surface area contributed by atoms with E-state index in [-0.39, 0.29) is 11.5 Å². The van der Waals surface area contributed by atoms with Gasteiger partial charge in [-0.3, -0.25) is 0 Å². The number of hydrogen-bond donors (Lipinski definition) is 2. The van der Waals surface area contributed by atoms with E-state index < -0.39 is 0 Å². The summed E-state index contributed by atoms with van der Waals surface area (Å²) >= 11 is 0. The molecule has 1 aromatic rings. The molecular weight excluding hydrogens is 320 g/mol. The van der Waals surface area contributed by atoms with Crippen LogP contribution in [0, 0.1) is 28.6 Å². The van der Waals surface area contributed by atoms with Gasteiger partial charge in [0.15, 0.2) is 0 Å². The van der Waals surface area contributed by atoms with Gasteiger partial charge >= 0.3 is 0 Å².